The fourth-order valence-electron chi connectivity index (χ4n) is 1.37. The summed E-state index contributed by atoms with van der Waals surface area (Å²) in [6, 6.07) is 7.63. The van der Waals surface area contributed by atoms with Gasteiger partial charge in [-0.05, 0) is 18.2 Å². The minimum Gasteiger partial charge on any atom is -0.275 e. The van der Waals surface area contributed by atoms with Crippen molar-refractivity contribution in [3.8, 4) is 6.07 Å². The van der Waals surface area contributed by atoms with E-state index >= 15 is 0 Å². The molecule has 0 aromatic carbocycles. The smallest absolute Gasteiger partial charge is 0.101 e. The molecule has 2 aromatic rings. The van der Waals surface area contributed by atoms with Gasteiger partial charge >= 0.3 is 0 Å². The molecular formula is C12H10N4. The quantitative estimate of drug-likeness (QED) is 0.711. The average molecular weight is 210 g/mol. The second kappa shape index (κ2) is 4.41. The van der Waals surface area contributed by atoms with E-state index in [-0.39, 0.29) is 0 Å². The lowest BCUT2D eigenvalue weighted by molar-refractivity contribution is 0.767. The minimum atomic E-state index is 0.536. The summed E-state index contributed by atoms with van der Waals surface area (Å²) in [6.07, 6.45) is 7.00. The summed E-state index contributed by atoms with van der Waals surface area (Å²) in [5, 5.41) is 13.1. The van der Waals surface area contributed by atoms with Crippen LogP contribution < -0.4 is 0 Å². The van der Waals surface area contributed by atoms with E-state index in [1.165, 1.54) is 0 Å². The van der Waals surface area contributed by atoms with Crippen LogP contribution in [-0.2, 0) is 7.05 Å². The average Bonchev–Trinajstić information content (AvgIpc) is 2.73. The number of hydrogen-bond donors (Lipinski definition) is 0. The summed E-state index contributed by atoms with van der Waals surface area (Å²) in [7, 11) is 1.84. The molecule has 0 saturated heterocycles. The molecule has 4 heteroatoms. The van der Waals surface area contributed by atoms with Crippen molar-refractivity contribution in [1.82, 2.24) is 14.8 Å². The van der Waals surface area contributed by atoms with Gasteiger partial charge in [-0.25, -0.2) is 0 Å². The molecule has 2 heterocycles. The van der Waals surface area contributed by atoms with Crippen molar-refractivity contribution >= 4 is 11.6 Å². The first kappa shape index (κ1) is 10.1. The highest BCUT2D eigenvalue weighted by Crippen LogP contribution is 2.14. The van der Waals surface area contributed by atoms with Crippen LogP contribution in [0.4, 0.5) is 0 Å². The predicted octanol–water partition coefficient (Wildman–Crippen LogP) is 1.88. The van der Waals surface area contributed by atoms with E-state index < -0.39 is 0 Å². The van der Waals surface area contributed by atoms with Gasteiger partial charge in [0.15, 0.2) is 0 Å². The molecule has 16 heavy (non-hydrogen) atoms. The molecule has 0 N–H and O–H groups in total. The van der Waals surface area contributed by atoms with Crippen LogP contribution in [0.1, 0.15) is 11.3 Å². The van der Waals surface area contributed by atoms with Crippen LogP contribution in [0.3, 0.4) is 0 Å². The Labute approximate surface area is 93.5 Å². The van der Waals surface area contributed by atoms with Crippen LogP contribution in [-0.4, -0.2) is 14.8 Å². The molecule has 0 atom stereocenters. The third-order valence-electron chi connectivity index (χ3n) is 2.10. The normalized spacial score (nSPS) is 11.1. The molecule has 0 saturated carbocycles. The van der Waals surface area contributed by atoms with Crippen LogP contribution in [0.15, 0.2) is 36.8 Å². The number of nitriles is 1. The van der Waals surface area contributed by atoms with Crippen molar-refractivity contribution in [3.05, 3.63) is 48.0 Å². The van der Waals surface area contributed by atoms with Crippen LogP contribution >= 0.6 is 0 Å². The SMILES string of the molecule is Cn1cc(/C=C(\C#N)c2ccccn2)cn1. The largest absolute Gasteiger partial charge is 0.275 e. The highest BCUT2D eigenvalue weighted by Gasteiger charge is 2.02. The first-order chi connectivity index (χ1) is 7.79. The Morgan fingerprint density at radius 1 is 1.50 bits per heavy atom. The van der Waals surface area contributed by atoms with E-state index in [2.05, 4.69) is 16.2 Å². The van der Waals surface area contributed by atoms with E-state index in [0.29, 0.717) is 11.3 Å². The lowest BCUT2D eigenvalue weighted by Crippen LogP contribution is -1.85. The molecule has 0 aliphatic heterocycles. The topological polar surface area (TPSA) is 54.5 Å². The second-order valence-corrected chi connectivity index (χ2v) is 3.33. The minimum absolute atomic E-state index is 0.536. The van der Waals surface area contributed by atoms with Gasteiger partial charge < -0.3 is 0 Å². The number of pyridine rings is 1. The van der Waals surface area contributed by atoms with Gasteiger partial charge in [-0.3, -0.25) is 9.67 Å². The second-order valence-electron chi connectivity index (χ2n) is 3.33. The fourth-order valence-corrected chi connectivity index (χ4v) is 1.37. The molecule has 0 bridgehead atoms. The van der Waals surface area contributed by atoms with Crippen LogP contribution in [0.5, 0.6) is 0 Å². The molecular weight excluding hydrogens is 200 g/mol. The molecule has 0 radical (unpaired) electrons. The van der Waals surface area contributed by atoms with E-state index in [1.807, 2.05) is 31.4 Å². The molecule has 0 spiro atoms. The van der Waals surface area contributed by atoms with Gasteiger partial charge in [0.05, 0.1) is 17.5 Å². The standard InChI is InChI=1S/C12H10N4/c1-16-9-10(8-15-16)6-11(7-13)12-4-2-3-5-14-12/h2-6,8-9H,1H3/b11-6+. The Kier molecular flexibility index (Phi) is 2.79. The Morgan fingerprint density at radius 2 is 2.38 bits per heavy atom. The zero-order valence-electron chi connectivity index (χ0n) is 8.83. The molecule has 4 nitrogen and oxygen atoms in total. The van der Waals surface area contributed by atoms with Gasteiger partial charge in [0.2, 0.25) is 0 Å². The number of hydrogen-bond acceptors (Lipinski definition) is 3. The van der Waals surface area contributed by atoms with Crippen molar-refractivity contribution in [1.29, 1.82) is 5.26 Å². The molecule has 0 aliphatic rings. The maximum absolute atomic E-state index is 9.06. The predicted molar refractivity (Wildman–Crippen MR) is 60.9 cm³/mol. The summed E-state index contributed by atoms with van der Waals surface area (Å²) in [5.74, 6) is 0. The van der Waals surface area contributed by atoms with Crippen LogP contribution in [0, 0.1) is 11.3 Å². The lowest BCUT2D eigenvalue weighted by Gasteiger charge is -1.95. The third-order valence-corrected chi connectivity index (χ3v) is 2.10. The van der Waals surface area contributed by atoms with Crippen LogP contribution in [0.25, 0.3) is 11.6 Å². The first-order valence-corrected chi connectivity index (χ1v) is 4.81. The highest BCUT2D eigenvalue weighted by molar-refractivity contribution is 5.87. The monoisotopic (exact) mass is 210 g/mol. The fraction of sp³-hybridized carbons (Fsp3) is 0.0833. The number of aromatic nitrogens is 3. The molecule has 78 valence electrons. The van der Waals surface area contributed by atoms with Gasteiger partial charge in [0.1, 0.15) is 6.07 Å². The summed E-state index contributed by atoms with van der Waals surface area (Å²) >= 11 is 0. The number of allylic oxidation sites excluding steroid dienone is 1. The van der Waals surface area contributed by atoms with Crippen molar-refractivity contribution in [2.24, 2.45) is 7.05 Å². The molecule has 0 aliphatic carbocycles. The zero-order valence-corrected chi connectivity index (χ0v) is 8.83. The van der Waals surface area contributed by atoms with Crippen molar-refractivity contribution < 1.29 is 0 Å². The number of aryl methyl sites for hydroxylation is 1. The summed E-state index contributed by atoms with van der Waals surface area (Å²) < 4.78 is 1.69. The van der Waals surface area contributed by atoms with E-state index in [1.54, 1.807) is 23.2 Å². The van der Waals surface area contributed by atoms with E-state index in [9.17, 15) is 0 Å². The maximum atomic E-state index is 9.06. The molecule has 2 rings (SSSR count). The van der Waals surface area contributed by atoms with E-state index in [0.717, 1.165) is 5.56 Å². The zero-order chi connectivity index (χ0) is 11.4. The maximum Gasteiger partial charge on any atom is 0.101 e. The van der Waals surface area contributed by atoms with Crippen molar-refractivity contribution in [3.63, 3.8) is 0 Å². The molecule has 0 amide bonds. The first-order valence-electron chi connectivity index (χ1n) is 4.81. The number of nitrogens with zero attached hydrogens (tertiary/aromatic N) is 4. The van der Waals surface area contributed by atoms with Gasteiger partial charge in [0, 0.05) is 25.0 Å². The summed E-state index contributed by atoms with van der Waals surface area (Å²) in [4.78, 5) is 4.13. The number of rotatable bonds is 2. The van der Waals surface area contributed by atoms with Crippen molar-refractivity contribution in [2.45, 2.75) is 0 Å². The van der Waals surface area contributed by atoms with Gasteiger partial charge in [-0.1, -0.05) is 6.07 Å². The Hall–Kier alpha value is -2.41. The molecule has 0 unspecified atom stereocenters. The Balaban J connectivity index is 2.38. The van der Waals surface area contributed by atoms with Gasteiger partial charge in [-0.15, -0.1) is 0 Å². The Morgan fingerprint density at radius 3 is 2.94 bits per heavy atom. The summed E-state index contributed by atoms with van der Waals surface area (Å²) in [6.45, 7) is 0. The summed E-state index contributed by atoms with van der Waals surface area (Å²) in [5.41, 5.74) is 2.10. The Bertz CT molecular complexity index is 546. The van der Waals surface area contributed by atoms with E-state index in [4.69, 9.17) is 5.26 Å². The lowest BCUT2D eigenvalue weighted by atomic mass is 10.1. The highest BCUT2D eigenvalue weighted by atomic mass is 15.2. The molecule has 2 aromatic heterocycles. The van der Waals surface area contributed by atoms with Crippen LogP contribution in [0.2, 0.25) is 0 Å². The molecule has 0 fully saturated rings. The van der Waals surface area contributed by atoms with Gasteiger partial charge in [0.25, 0.3) is 0 Å². The van der Waals surface area contributed by atoms with Gasteiger partial charge in [-0.2, -0.15) is 10.4 Å². The van der Waals surface area contributed by atoms with Crippen molar-refractivity contribution in [2.75, 3.05) is 0 Å². The third kappa shape index (κ3) is 2.15.